The Labute approximate surface area is 203 Å². The Morgan fingerprint density at radius 3 is 2.03 bits per heavy atom. The molecule has 0 heterocycles. The lowest BCUT2D eigenvalue weighted by Crippen LogP contribution is -2.47. The van der Waals surface area contributed by atoms with Crippen LogP contribution in [0.3, 0.4) is 0 Å². The largest absolute Gasteiger partial charge is 0.480 e. The van der Waals surface area contributed by atoms with E-state index in [4.69, 9.17) is 4.74 Å². The second-order valence-corrected chi connectivity index (χ2v) is 9.05. The number of ether oxygens (including phenoxy) is 1. The number of carbonyl (C=O) groups is 3. The van der Waals surface area contributed by atoms with Crippen molar-refractivity contribution < 1.29 is 24.2 Å². The fourth-order valence-corrected chi connectivity index (χ4v) is 4.72. The Morgan fingerprint density at radius 2 is 1.46 bits per heavy atom. The molecule has 0 spiro atoms. The maximum Gasteiger partial charge on any atom is 0.407 e. The zero-order valence-corrected chi connectivity index (χ0v) is 19.1. The van der Waals surface area contributed by atoms with Gasteiger partial charge in [-0.1, -0.05) is 78.9 Å². The summed E-state index contributed by atoms with van der Waals surface area (Å²) in [6.07, 6.45) is 0.171. The first-order chi connectivity index (χ1) is 17.0. The van der Waals surface area contributed by atoms with Gasteiger partial charge >= 0.3 is 12.1 Å². The summed E-state index contributed by atoms with van der Waals surface area (Å²) in [5.41, 5.74) is 4.01. The fourth-order valence-electron chi connectivity index (χ4n) is 4.72. The van der Waals surface area contributed by atoms with Crippen LogP contribution in [0.25, 0.3) is 11.1 Å². The summed E-state index contributed by atoms with van der Waals surface area (Å²) in [5, 5.41) is 14.8. The van der Waals surface area contributed by atoms with Crippen LogP contribution in [0.2, 0.25) is 0 Å². The highest BCUT2D eigenvalue weighted by Gasteiger charge is 2.52. The van der Waals surface area contributed by atoms with Crippen LogP contribution in [0.5, 0.6) is 0 Å². The number of fused-ring (bicyclic) bond motifs is 3. The van der Waals surface area contributed by atoms with Gasteiger partial charge in [0.1, 0.15) is 12.1 Å². The molecule has 1 fully saturated rings. The summed E-state index contributed by atoms with van der Waals surface area (Å²) in [4.78, 5) is 37.1. The van der Waals surface area contributed by atoms with Crippen molar-refractivity contribution in [3.8, 4) is 11.1 Å². The van der Waals surface area contributed by atoms with Crippen LogP contribution in [-0.4, -0.2) is 41.8 Å². The number of nitrogens with one attached hydrogen (secondary N) is 2. The molecule has 0 aliphatic heterocycles. The van der Waals surface area contributed by atoms with Crippen molar-refractivity contribution in [2.45, 2.75) is 30.2 Å². The Hall–Kier alpha value is -4.13. The van der Waals surface area contributed by atoms with Crippen LogP contribution in [-0.2, 0) is 14.3 Å². The number of alkyl carbamates (subject to hydrolysis) is 1. The van der Waals surface area contributed by atoms with Crippen molar-refractivity contribution in [2.24, 2.45) is 0 Å². The van der Waals surface area contributed by atoms with E-state index in [0.717, 1.165) is 22.3 Å². The molecule has 7 nitrogen and oxygen atoms in total. The molecule has 3 aromatic rings. The number of hydrogen-bond acceptors (Lipinski definition) is 4. The molecule has 2 amide bonds. The van der Waals surface area contributed by atoms with E-state index >= 15 is 0 Å². The first-order valence-electron chi connectivity index (χ1n) is 11.7. The number of carboxylic acid groups (broad SMARTS) is 1. The number of amides is 2. The molecular weight excluding hydrogens is 444 g/mol. The highest BCUT2D eigenvalue weighted by Crippen LogP contribution is 2.44. The molecule has 2 aliphatic carbocycles. The van der Waals surface area contributed by atoms with Crippen LogP contribution in [0.1, 0.15) is 41.4 Å². The molecule has 3 aromatic carbocycles. The summed E-state index contributed by atoms with van der Waals surface area (Å²) in [5.74, 6) is -2.28. The van der Waals surface area contributed by atoms with Gasteiger partial charge in [-0.25, -0.2) is 9.59 Å². The third kappa shape index (κ3) is 4.49. The van der Waals surface area contributed by atoms with Crippen LogP contribution >= 0.6 is 0 Å². The summed E-state index contributed by atoms with van der Waals surface area (Å²) >= 11 is 0. The standard InChI is InChI=1S/C28H26N2O5/c31-25(30-28(14-15-28)26(32)33)23(18-8-2-1-3-9-18)16-29-27(34)35-17-24-21-12-6-4-10-19(21)20-11-5-7-13-22(20)24/h1-13,23-24H,14-17H2,(H,29,34)(H,30,31)(H,32,33). The number of carbonyl (C=O) groups excluding carboxylic acids is 2. The molecule has 0 bridgehead atoms. The normalized spacial score (nSPS) is 15.9. The van der Waals surface area contributed by atoms with Gasteiger partial charge in [-0.2, -0.15) is 0 Å². The van der Waals surface area contributed by atoms with Gasteiger partial charge in [0.15, 0.2) is 0 Å². The van der Waals surface area contributed by atoms with Crippen LogP contribution in [0, 0.1) is 0 Å². The smallest absolute Gasteiger partial charge is 0.407 e. The monoisotopic (exact) mass is 470 g/mol. The number of benzene rings is 3. The average molecular weight is 471 g/mol. The molecule has 178 valence electrons. The summed E-state index contributed by atoms with van der Waals surface area (Å²) < 4.78 is 5.58. The number of rotatable bonds is 8. The fraction of sp³-hybridized carbons (Fsp3) is 0.250. The zero-order valence-electron chi connectivity index (χ0n) is 19.1. The van der Waals surface area contributed by atoms with Gasteiger partial charge in [-0.15, -0.1) is 0 Å². The van der Waals surface area contributed by atoms with Crippen molar-refractivity contribution in [3.05, 3.63) is 95.6 Å². The summed E-state index contributed by atoms with van der Waals surface area (Å²) in [7, 11) is 0. The van der Waals surface area contributed by atoms with E-state index in [9.17, 15) is 19.5 Å². The molecule has 1 unspecified atom stereocenters. The molecule has 3 N–H and O–H groups in total. The van der Waals surface area contributed by atoms with Crippen molar-refractivity contribution in [3.63, 3.8) is 0 Å². The third-order valence-electron chi connectivity index (χ3n) is 6.83. The maximum absolute atomic E-state index is 13.0. The number of aliphatic carboxylic acids is 1. The van der Waals surface area contributed by atoms with Gasteiger partial charge in [0.2, 0.25) is 5.91 Å². The lowest BCUT2D eigenvalue weighted by atomic mass is 9.97. The predicted molar refractivity (Wildman–Crippen MR) is 130 cm³/mol. The average Bonchev–Trinajstić information content (AvgIpc) is 3.59. The lowest BCUT2D eigenvalue weighted by molar-refractivity contribution is -0.143. The second-order valence-electron chi connectivity index (χ2n) is 9.05. The Morgan fingerprint density at radius 1 is 0.886 bits per heavy atom. The van der Waals surface area contributed by atoms with E-state index in [1.165, 1.54) is 0 Å². The van der Waals surface area contributed by atoms with Crippen molar-refractivity contribution >= 4 is 18.0 Å². The molecule has 1 atom stereocenters. The van der Waals surface area contributed by atoms with E-state index < -0.39 is 29.4 Å². The third-order valence-corrected chi connectivity index (χ3v) is 6.83. The highest BCUT2D eigenvalue weighted by atomic mass is 16.5. The van der Waals surface area contributed by atoms with Gasteiger partial charge in [0.05, 0.1) is 5.92 Å². The number of hydrogen-bond donors (Lipinski definition) is 3. The Balaban J connectivity index is 1.24. The van der Waals surface area contributed by atoms with Gasteiger partial charge in [0, 0.05) is 12.5 Å². The minimum absolute atomic E-state index is 0.0117. The van der Waals surface area contributed by atoms with Gasteiger partial charge in [-0.05, 0) is 40.7 Å². The van der Waals surface area contributed by atoms with E-state index in [-0.39, 0.29) is 19.1 Å². The zero-order chi connectivity index (χ0) is 24.4. The molecule has 0 aromatic heterocycles. The minimum atomic E-state index is -1.20. The van der Waals surface area contributed by atoms with E-state index in [1.54, 1.807) is 24.3 Å². The van der Waals surface area contributed by atoms with Crippen LogP contribution < -0.4 is 10.6 Å². The SMILES string of the molecule is O=C(NCC(C(=O)NC1(C(=O)O)CC1)c1ccccc1)OCC1c2ccccc2-c2ccccc21. The molecular formula is C28H26N2O5. The first kappa shape index (κ1) is 22.7. The maximum atomic E-state index is 13.0. The van der Waals surface area contributed by atoms with Gasteiger partial charge in [-0.3, -0.25) is 4.79 Å². The van der Waals surface area contributed by atoms with Crippen molar-refractivity contribution in [1.29, 1.82) is 0 Å². The molecule has 35 heavy (non-hydrogen) atoms. The molecule has 2 aliphatic rings. The highest BCUT2D eigenvalue weighted by molar-refractivity contribution is 5.92. The summed E-state index contributed by atoms with van der Waals surface area (Å²) in [6.45, 7) is 0.159. The van der Waals surface area contributed by atoms with Crippen LogP contribution in [0.4, 0.5) is 4.79 Å². The predicted octanol–water partition coefficient (Wildman–Crippen LogP) is 4.04. The van der Waals surface area contributed by atoms with E-state index in [2.05, 4.69) is 22.8 Å². The lowest BCUT2D eigenvalue weighted by Gasteiger charge is -2.21. The molecule has 0 saturated heterocycles. The topological polar surface area (TPSA) is 105 Å². The van der Waals surface area contributed by atoms with Gasteiger partial charge in [0.25, 0.3) is 0 Å². The van der Waals surface area contributed by atoms with E-state index in [0.29, 0.717) is 18.4 Å². The molecule has 1 saturated carbocycles. The van der Waals surface area contributed by atoms with Crippen molar-refractivity contribution in [2.75, 3.05) is 13.2 Å². The quantitative estimate of drug-likeness (QED) is 0.461. The van der Waals surface area contributed by atoms with Crippen LogP contribution in [0.15, 0.2) is 78.9 Å². The summed E-state index contributed by atoms with van der Waals surface area (Å²) in [6, 6.07) is 25.2. The first-order valence-corrected chi connectivity index (χ1v) is 11.7. The minimum Gasteiger partial charge on any atom is -0.480 e. The number of carboxylic acids is 1. The molecule has 7 heteroatoms. The molecule has 0 radical (unpaired) electrons. The second kappa shape index (κ2) is 9.25. The molecule has 5 rings (SSSR count). The van der Waals surface area contributed by atoms with Gasteiger partial charge < -0.3 is 20.5 Å². The Kier molecular flexibility index (Phi) is 5.99. The Bertz CT molecular complexity index is 1220. The van der Waals surface area contributed by atoms with Crippen molar-refractivity contribution in [1.82, 2.24) is 10.6 Å². The van der Waals surface area contributed by atoms with E-state index in [1.807, 2.05) is 42.5 Å².